The van der Waals surface area contributed by atoms with Crippen molar-refractivity contribution in [1.29, 1.82) is 0 Å². The van der Waals surface area contributed by atoms with Crippen LogP contribution in [0.15, 0.2) is 24.3 Å². The lowest BCUT2D eigenvalue weighted by Crippen LogP contribution is -2.28. The van der Waals surface area contributed by atoms with Gasteiger partial charge in [0.2, 0.25) is 0 Å². The van der Waals surface area contributed by atoms with Crippen LogP contribution in [0, 0.1) is 5.92 Å². The molecule has 134 valence electrons. The normalized spacial score (nSPS) is 20.4. The van der Waals surface area contributed by atoms with Gasteiger partial charge < -0.3 is 19.5 Å². The number of alkyl carbamates (subject to hydrolysis) is 1. The minimum Gasteiger partial charge on any atom is -0.492 e. The van der Waals surface area contributed by atoms with Crippen LogP contribution in [-0.2, 0) is 15.9 Å². The summed E-state index contributed by atoms with van der Waals surface area (Å²) in [6, 6.07) is 8.22. The Balaban J connectivity index is 1.73. The minimum absolute atomic E-state index is 0.374. The van der Waals surface area contributed by atoms with E-state index in [9.17, 15) is 4.79 Å². The number of hydrogen-bond acceptors (Lipinski definition) is 4. The lowest BCUT2D eigenvalue weighted by Gasteiger charge is -2.30. The number of carbonyl (C=O) groups excluding carboxylic acids is 1. The smallest absolute Gasteiger partial charge is 0.407 e. The zero-order chi connectivity index (χ0) is 17.2. The first-order chi connectivity index (χ1) is 11.7. The average molecular weight is 335 g/mol. The lowest BCUT2D eigenvalue weighted by atomic mass is 9.82. The molecule has 5 nitrogen and oxygen atoms in total. The Labute approximate surface area is 144 Å². The van der Waals surface area contributed by atoms with E-state index >= 15 is 0 Å². The van der Waals surface area contributed by atoms with Crippen molar-refractivity contribution >= 4 is 6.09 Å². The molecule has 0 heterocycles. The van der Waals surface area contributed by atoms with E-state index < -0.39 is 6.09 Å². The van der Waals surface area contributed by atoms with Gasteiger partial charge in [0.1, 0.15) is 12.4 Å². The third-order valence-corrected chi connectivity index (χ3v) is 4.48. The fraction of sp³-hybridized carbons (Fsp3) is 0.632. The largest absolute Gasteiger partial charge is 0.492 e. The summed E-state index contributed by atoms with van der Waals surface area (Å²) in [6.45, 7) is 3.00. The topological polar surface area (TPSA) is 56.8 Å². The van der Waals surface area contributed by atoms with Crippen molar-refractivity contribution < 1.29 is 19.0 Å². The van der Waals surface area contributed by atoms with Crippen LogP contribution in [0.5, 0.6) is 5.75 Å². The summed E-state index contributed by atoms with van der Waals surface area (Å²) < 4.78 is 16.0. The molecule has 0 aromatic heterocycles. The molecule has 1 aliphatic carbocycles. The van der Waals surface area contributed by atoms with Gasteiger partial charge in [-0.05, 0) is 49.8 Å². The first kappa shape index (κ1) is 18.6. The van der Waals surface area contributed by atoms with E-state index in [1.165, 1.54) is 31.2 Å². The Morgan fingerprint density at radius 1 is 1.21 bits per heavy atom. The van der Waals surface area contributed by atoms with Gasteiger partial charge in [-0.15, -0.1) is 0 Å². The summed E-state index contributed by atoms with van der Waals surface area (Å²) in [7, 11) is 1.82. The van der Waals surface area contributed by atoms with E-state index in [1.54, 1.807) is 6.92 Å². The molecule has 0 radical (unpaired) electrons. The molecule has 1 saturated carbocycles. The molecule has 0 bridgehead atoms. The van der Waals surface area contributed by atoms with Crippen molar-refractivity contribution in [2.75, 3.05) is 26.9 Å². The molecular formula is C19H29NO4. The van der Waals surface area contributed by atoms with Crippen molar-refractivity contribution in [2.24, 2.45) is 5.92 Å². The second-order valence-corrected chi connectivity index (χ2v) is 6.16. The molecule has 1 aromatic rings. The Morgan fingerprint density at radius 2 is 1.96 bits per heavy atom. The van der Waals surface area contributed by atoms with Gasteiger partial charge in [-0.2, -0.15) is 0 Å². The van der Waals surface area contributed by atoms with E-state index in [0.717, 1.165) is 12.2 Å². The van der Waals surface area contributed by atoms with Crippen LogP contribution in [0.4, 0.5) is 4.79 Å². The number of carbonyl (C=O) groups is 1. The Kier molecular flexibility index (Phi) is 7.89. The number of methoxy groups -OCH3 is 1. The second kappa shape index (κ2) is 10.2. The molecule has 1 N–H and O–H groups in total. The summed E-state index contributed by atoms with van der Waals surface area (Å²) in [5.41, 5.74) is 1.32. The second-order valence-electron chi connectivity index (χ2n) is 6.16. The van der Waals surface area contributed by atoms with Gasteiger partial charge in [-0.3, -0.25) is 0 Å². The Morgan fingerprint density at radius 3 is 2.67 bits per heavy atom. The molecule has 2 atom stereocenters. The highest BCUT2D eigenvalue weighted by atomic mass is 16.5. The lowest BCUT2D eigenvalue weighted by molar-refractivity contribution is 0.0239. The maximum Gasteiger partial charge on any atom is 0.407 e. The molecule has 1 aliphatic rings. The van der Waals surface area contributed by atoms with Crippen LogP contribution in [0.3, 0.4) is 0 Å². The fourth-order valence-corrected chi connectivity index (χ4v) is 3.25. The summed E-state index contributed by atoms with van der Waals surface area (Å²) in [5, 5.41) is 2.63. The summed E-state index contributed by atoms with van der Waals surface area (Å²) >= 11 is 0. The molecule has 0 aliphatic heterocycles. The van der Waals surface area contributed by atoms with Crippen molar-refractivity contribution in [3.05, 3.63) is 29.8 Å². The number of ether oxygens (including phenoxy) is 3. The van der Waals surface area contributed by atoms with Gasteiger partial charge in [-0.1, -0.05) is 25.0 Å². The summed E-state index contributed by atoms with van der Waals surface area (Å²) in [4.78, 5) is 11.1. The number of hydrogen-bond donors (Lipinski definition) is 1. The van der Waals surface area contributed by atoms with E-state index in [0.29, 0.717) is 31.8 Å². The molecule has 0 spiro atoms. The molecular weight excluding hydrogens is 306 g/mol. The third-order valence-electron chi connectivity index (χ3n) is 4.48. The molecule has 1 aromatic carbocycles. The van der Waals surface area contributed by atoms with Crippen molar-refractivity contribution in [3.8, 4) is 5.75 Å². The first-order valence-electron chi connectivity index (χ1n) is 8.88. The number of benzene rings is 1. The maximum absolute atomic E-state index is 11.1. The van der Waals surface area contributed by atoms with Gasteiger partial charge >= 0.3 is 6.09 Å². The molecule has 0 saturated heterocycles. The molecule has 1 amide bonds. The third kappa shape index (κ3) is 6.04. The van der Waals surface area contributed by atoms with Gasteiger partial charge in [0.05, 0.1) is 19.3 Å². The first-order valence-corrected chi connectivity index (χ1v) is 8.88. The predicted molar refractivity (Wildman–Crippen MR) is 93.4 cm³/mol. The van der Waals surface area contributed by atoms with Crippen LogP contribution in [-0.4, -0.2) is 39.1 Å². The zero-order valence-corrected chi connectivity index (χ0v) is 14.8. The highest BCUT2D eigenvalue weighted by Crippen LogP contribution is 2.29. The van der Waals surface area contributed by atoms with Gasteiger partial charge in [0.15, 0.2) is 0 Å². The van der Waals surface area contributed by atoms with Crippen LogP contribution < -0.4 is 10.1 Å². The zero-order valence-electron chi connectivity index (χ0n) is 14.8. The summed E-state index contributed by atoms with van der Waals surface area (Å²) in [5.74, 6) is 1.43. The molecule has 0 unspecified atom stereocenters. The molecule has 5 heteroatoms. The Hall–Kier alpha value is -1.75. The van der Waals surface area contributed by atoms with Crippen molar-refractivity contribution in [2.45, 2.75) is 45.1 Å². The number of nitrogens with one attached hydrogen (secondary N) is 1. The van der Waals surface area contributed by atoms with E-state index in [4.69, 9.17) is 14.2 Å². The standard InChI is InChI=1S/C19H29NO4/c1-3-23-19(21)20-12-13-24-17-10-8-15(9-11-17)14-16-6-4-5-7-18(16)22-2/h8-11,16,18H,3-7,12-14H2,1-2H3,(H,20,21)/t16-,18-/m0/s1. The van der Waals surface area contributed by atoms with Crippen LogP contribution in [0.25, 0.3) is 0 Å². The SMILES string of the molecule is CCOC(=O)NCCOc1ccc(C[C@@H]2CCCC[C@@H]2OC)cc1. The molecule has 24 heavy (non-hydrogen) atoms. The van der Waals surface area contributed by atoms with Crippen LogP contribution in [0.1, 0.15) is 38.2 Å². The average Bonchev–Trinajstić information content (AvgIpc) is 2.61. The van der Waals surface area contributed by atoms with Crippen LogP contribution >= 0.6 is 0 Å². The summed E-state index contributed by atoms with van der Waals surface area (Å²) in [6.07, 6.45) is 6.05. The van der Waals surface area contributed by atoms with Crippen LogP contribution in [0.2, 0.25) is 0 Å². The van der Waals surface area contributed by atoms with Gasteiger partial charge in [0, 0.05) is 7.11 Å². The van der Waals surface area contributed by atoms with Crippen molar-refractivity contribution in [3.63, 3.8) is 0 Å². The maximum atomic E-state index is 11.1. The predicted octanol–water partition coefficient (Wildman–Crippen LogP) is 3.56. The van der Waals surface area contributed by atoms with E-state index in [-0.39, 0.29) is 0 Å². The quantitative estimate of drug-likeness (QED) is 0.738. The minimum atomic E-state index is -0.406. The molecule has 2 rings (SSSR count). The number of amides is 1. The monoisotopic (exact) mass is 335 g/mol. The Bertz CT molecular complexity index is 489. The van der Waals surface area contributed by atoms with E-state index in [1.807, 2.05) is 19.2 Å². The fourth-order valence-electron chi connectivity index (χ4n) is 3.25. The van der Waals surface area contributed by atoms with Crippen molar-refractivity contribution in [1.82, 2.24) is 5.32 Å². The highest BCUT2D eigenvalue weighted by Gasteiger charge is 2.24. The van der Waals surface area contributed by atoms with Gasteiger partial charge in [0.25, 0.3) is 0 Å². The highest BCUT2D eigenvalue weighted by molar-refractivity contribution is 5.66. The molecule has 1 fully saturated rings. The van der Waals surface area contributed by atoms with E-state index in [2.05, 4.69) is 17.4 Å². The number of rotatable bonds is 8. The van der Waals surface area contributed by atoms with Gasteiger partial charge in [-0.25, -0.2) is 4.79 Å².